The maximum Gasteiger partial charge on any atom is 0.278 e. The van der Waals surface area contributed by atoms with Gasteiger partial charge in [-0.05, 0) is 57.4 Å². The predicted molar refractivity (Wildman–Crippen MR) is 99.9 cm³/mol. The van der Waals surface area contributed by atoms with Crippen molar-refractivity contribution < 1.29 is 14.1 Å². The van der Waals surface area contributed by atoms with Crippen LogP contribution in [0.2, 0.25) is 0 Å². The summed E-state index contributed by atoms with van der Waals surface area (Å²) in [6.07, 6.45) is 7.43. The van der Waals surface area contributed by atoms with E-state index in [2.05, 4.69) is 10.5 Å². The molecule has 1 aliphatic carbocycles. The zero-order chi connectivity index (χ0) is 18.1. The highest BCUT2D eigenvalue weighted by atomic mass is 32.1. The lowest BCUT2D eigenvalue weighted by Crippen LogP contribution is -2.36. The Kier molecular flexibility index (Phi) is 4.80. The van der Waals surface area contributed by atoms with Crippen molar-refractivity contribution in [3.8, 4) is 0 Å². The molecule has 0 spiro atoms. The number of anilines is 1. The number of hydrogen-bond acceptors (Lipinski definition) is 5. The second-order valence-electron chi connectivity index (χ2n) is 7.04. The van der Waals surface area contributed by atoms with E-state index in [0.29, 0.717) is 16.3 Å². The number of aromatic nitrogens is 1. The molecule has 0 unspecified atom stereocenters. The van der Waals surface area contributed by atoms with Gasteiger partial charge in [-0.1, -0.05) is 5.16 Å². The number of likely N-dealkylation sites (tertiary alicyclic amines) is 1. The first-order chi connectivity index (χ1) is 12.6. The molecule has 0 bridgehead atoms. The molecule has 7 heteroatoms. The monoisotopic (exact) mass is 373 g/mol. The number of fused-ring (bicyclic) bond motifs is 1. The van der Waals surface area contributed by atoms with Gasteiger partial charge in [-0.15, -0.1) is 11.3 Å². The van der Waals surface area contributed by atoms with Crippen molar-refractivity contribution in [3.63, 3.8) is 0 Å². The minimum atomic E-state index is -0.326. The van der Waals surface area contributed by atoms with E-state index in [9.17, 15) is 9.59 Å². The second-order valence-corrected chi connectivity index (χ2v) is 8.15. The van der Waals surface area contributed by atoms with Gasteiger partial charge in [-0.25, -0.2) is 0 Å². The summed E-state index contributed by atoms with van der Waals surface area (Å²) in [5, 5.41) is 7.37. The van der Waals surface area contributed by atoms with Crippen molar-refractivity contribution in [1.82, 2.24) is 10.1 Å². The highest BCUT2D eigenvalue weighted by molar-refractivity contribution is 7.17. The van der Waals surface area contributed by atoms with Gasteiger partial charge in [0.1, 0.15) is 10.8 Å². The molecule has 2 amide bonds. The minimum Gasteiger partial charge on any atom is -0.361 e. The van der Waals surface area contributed by atoms with E-state index in [-0.39, 0.29) is 17.5 Å². The number of thiophene rings is 1. The maximum atomic E-state index is 13.2. The summed E-state index contributed by atoms with van der Waals surface area (Å²) < 4.78 is 4.99. The molecule has 0 saturated carbocycles. The summed E-state index contributed by atoms with van der Waals surface area (Å²) in [6.45, 7) is 3.36. The molecular weight excluding hydrogens is 350 g/mol. The van der Waals surface area contributed by atoms with Crippen LogP contribution in [0.1, 0.15) is 69.2 Å². The molecule has 0 aromatic carbocycles. The zero-order valence-corrected chi connectivity index (χ0v) is 15.8. The molecule has 4 rings (SSSR count). The van der Waals surface area contributed by atoms with E-state index in [1.807, 2.05) is 4.90 Å². The second kappa shape index (κ2) is 7.23. The van der Waals surface area contributed by atoms with Gasteiger partial charge in [-0.2, -0.15) is 0 Å². The van der Waals surface area contributed by atoms with E-state index < -0.39 is 0 Å². The van der Waals surface area contributed by atoms with Gasteiger partial charge in [0.15, 0.2) is 5.69 Å². The van der Waals surface area contributed by atoms with E-state index in [1.54, 1.807) is 24.3 Å². The van der Waals surface area contributed by atoms with Crippen LogP contribution in [0.5, 0.6) is 0 Å². The summed E-state index contributed by atoms with van der Waals surface area (Å²) in [5.74, 6) is 0.328. The molecule has 6 nitrogen and oxygen atoms in total. The Labute approximate surface area is 156 Å². The lowest BCUT2D eigenvalue weighted by Gasteiger charge is -2.27. The van der Waals surface area contributed by atoms with Gasteiger partial charge < -0.3 is 14.7 Å². The highest BCUT2D eigenvalue weighted by Crippen LogP contribution is 2.39. The van der Waals surface area contributed by atoms with Crippen LogP contribution >= 0.6 is 11.3 Å². The first kappa shape index (κ1) is 17.3. The van der Waals surface area contributed by atoms with Crippen LogP contribution in [0.4, 0.5) is 5.00 Å². The van der Waals surface area contributed by atoms with Gasteiger partial charge in [0.2, 0.25) is 0 Å². The summed E-state index contributed by atoms with van der Waals surface area (Å²) in [4.78, 5) is 28.9. The smallest absolute Gasteiger partial charge is 0.278 e. The van der Waals surface area contributed by atoms with Gasteiger partial charge in [0.05, 0.1) is 5.56 Å². The number of rotatable bonds is 3. The van der Waals surface area contributed by atoms with Crippen LogP contribution in [0.15, 0.2) is 10.6 Å². The average Bonchev–Trinajstić information content (AvgIpc) is 3.25. The number of aryl methyl sites for hydroxylation is 2. The van der Waals surface area contributed by atoms with Crippen LogP contribution in [0.25, 0.3) is 0 Å². The number of nitrogens with one attached hydrogen (secondary N) is 1. The number of amides is 2. The third-order valence-electron chi connectivity index (χ3n) is 5.12. The molecule has 2 aliphatic rings. The lowest BCUT2D eigenvalue weighted by atomic mass is 9.94. The maximum absolute atomic E-state index is 13.2. The minimum absolute atomic E-state index is 0.0655. The first-order valence-electron chi connectivity index (χ1n) is 9.32. The Morgan fingerprint density at radius 1 is 1.15 bits per heavy atom. The van der Waals surface area contributed by atoms with Crippen molar-refractivity contribution in [2.24, 2.45) is 0 Å². The Bertz CT molecular complexity index is 833. The SMILES string of the molecule is Cc1cc(C(=O)Nc2sc3c(c2C(=O)N2CCCCC2)CCCC3)no1. The van der Waals surface area contributed by atoms with Crippen molar-refractivity contribution in [3.05, 3.63) is 33.5 Å². The van der Waals surface area contributed by atoms with Gasteiger partial charge in [-0.3, -0.25) is 9.59 Å². The highest BCUT2D eigenvalue weighted by Gasteiger charge is 2.30. The fourth-order valence-corrected chi connectivity index (χ4v) is 5.05. The Hall–Kier alpha value is -2.15. The molecule has 2 aromatic heterocycles. The molecule has 1 fully saturated rings. The topological polar surface area (TPSA) is 75.4 Å². The summed E-state index contributed by atoms with van der Waals surface area (Å²) in [6, 6.07) is 1.61. The fraction of sp³-hybridized carbons (Fsp3) is 0.526. The van der Waals surface area contributed by atoms with Gasteiger partial charge >= 0.3 is 0 Å². The third kappa shape index (κ3) is 3.28. The van der Waals surface area contributed by atoms with Gasteiger partial charge in [0, 0.05) is 24.0 Å². The number of carbonyl (C=O) groups excluding carboxylic acids is 2. The molecular formula is C19H23N3O3S. The van der Waals surface area contributed by atoms with Crippen LogP contribution in [0.3, 0.4) is 0 Å². The molecule has 3 heterocycles. The summed E-state index contributed by atoms with van der Waals surface area (Å²) in [5.41, 5.74) is 2.09. The Balaban J connectivity index is 1.66. The Morgan fingerprint density at radius 3 is 2.65 bits per heavy atom. The average molecular weight is 373 g/mol. The van der Waals surface area contributed by atoms with Crippen molar-refractivity contribution >= 4 is 28.2 Å². The van der Waals surface area contributed by atoms with E-state index >= 15 is 0 Å². The van der Waals surface area contributed by atoms with Crippen molar-refractivity contribution in [1.29, 1.82) is 0 Å². The molecule has 1 saturated heterocycles. The third-order valence-corrected chi connectivity index (χ3v) is 6.32. The number of hydrogen-bond donors (Lipinski definition) is 1. The van der Waals surface area contributed by atoms with E-state index in [0.717, 1.165) is 57.2 Å². The zero-order valence-electron chi connectivity index (χ0n) is 15.0. The molecule has 0 atom stereocenters. The van der Waals surface area contributed by atoms with Crippen LogP contribution in [0, 0.1) is 6.92 Å². The quantitative estimate of drug-likeness (QED) is 0.888. The number of nitrogens with zero attached hydrogens (tertiary/aromatic N) is 2. The van der Waals surface area contributed by atoms with Crippen LogP contribution in [-0.2, 0) is 12.8 Å². The summed E-state index contributed by atoms with van der Waals surface area (Å²) >= 11 is 1.55. The standard InChI is InChI=1S/C19H23N3O3S/c1-12-11-14(21-25-12)17(23)20-18-16(13-7-3-4-8-15(13)26-18)19(24)22-9-5-2-6-10-22/h11H,2-10H2,1H3,(H,20,23). The molecule has 1 aliphatic heterocycles. The molecule has 0 radical (unpaired) electrons. The van der Waals surface area contributed by atoms with E-state index in [4.69, 9.17) is 4.52 Å². The van der Waals surface area contributed by atoms with Gasteiger partial charge in [0.25, 0.3) is 11.8 Å². The lowest BCUT2D eigenvalue weighted by molar-refractivity contribution is 0.0724. The van der Waals surface area contributed by atoms with Crippen molar-refractivity contribution in [2.45, 2.75) is 51.9 Å². The van der Waals surface area contributed by atoms with E-state index in [1.165, 1.54) is 11.3 Å². The normalized spacial score (nSPS) is 17.0. The number of carbonyl (C=O) groups is 2. The molecule has 1 N–H and O–H groups in total. The molecule has 26 heavy (non-hydrogen) atoms. The van der Waals surface area contributed by atoms with Crippen LogP contribution < -0.4 is 5.32 Å². The first-order valence-corrected chi connectivity index (χ1v) is 10.1. The van der Waals surface area contributed by atoms with Crippen molar-refractivity contribution in [2.75, 3.05) is 18.4 Å². The predicted octanol–water partition coefficient (Wildman–Crippen LogP) is 3.80. The molecule has 138 valence electrons. The molecule has 2 aromatic rings. The van der Waals surface area contributed by atoms with Crippen LogP contribution in [-0.4, -0.2) is 35.0 Å². The fourth-order valence-electron chi connectivity index (χ4n) is 3.78. The largest absolute Gasteiger partial charge is 0.361 e. The Morgan fingerprint density at radius 2 is 1.92 bits per heavy atom. The summed E-state index contributed by atoms with van der Waals surface area (Å²) in [7, 11) is 0. The number of piperidine rings is 1.